The number of carbonyl (C=O) groups is 1. The van der Waals surface area contributed by atoms with Gasteiger partial charge in [0.05, 0.1) is 5.92 Å². The van der Waals surface area contributed by atoms with Crippen LogP contribution in [0, 0.1) is 23.5 Å². The lowest BCUT2D eigenvalue weighted by molar-refractivity contribution is -0.157. The molecule has 200 valence electrons. The van der Waals surface area contributed by atoms with E-state index in [-0.39, 0.29) is 35.4 Å². The molecule has 0 aliphatic heterocycles. The summed E-state index contributed by atoms with van der Waals surface area (Å²) in [6, 6.07) is 12.9. The molecular weight excluding hydrogens is 466 g/mol. The Hall–Kier alpha value is -2.49. The molecule has 1 atom stereocenters. The second-order valence-electron chi connectivity index (χ2n) is 11.3. The van der Waals surface area contributed by atoms with E-state index in [1.165, 1.54) is 18.6 Å². The Morgan fingerprint density at radius 1 is 0.973 bits per heavy atom. The predicted molar refractivity (Wildman–Crippen MR) is 146 cm³/mol. The van der Waals surface area contributed by atoms with Crippen molar-refractivity contribution in [2.75, 3.05) is 0 Å². The summed E-state index contributed by atoms with van der Waals surface area (Å²) in [7, 11) is 0. The van der Waals surface area contributed by atoms with Crippen LogP contribution in [0.4, 0.5) is 8.78 Å². The molecule has 2 nitrogen and oxygen atoms in total. The van der Waals surface area contributed by atoms with Gasteiger partial charge in [0.1, 0.15) is 17.7 Å². The van der Waals surface area contributed by atoms with Crippen molar-refractivity contribution < 1.29 is 18.3 Å². The van der Waals surface area contributed by atoms with Crippen LogP contribution < -0.4 is 0 Å². The molecule has 0 heterocycles. The van der Waals surface area contributed by atoms with E-state index < -0.39 is 11.6 Å². The Balaban J connectivity index is 1.25. The number of benzene rings is 2. The summed E-state index contributed by atoms with van der Waals surface area (Å²) in [5.41, 5.74) is 1.95. The zero-order valence-corrected chi connectivity index (χ0v) is 22.4. The maximum absolute atomic E-state index is 15.0. The highest BCUT2D eigenvalue weighted by Crippen LogP contribution is 2.38. The largest absolute Gasteiger partial charge is 0.462 e. The van der Waals surface area contributed by atoms with E-state index in [4.69, 9.17) is 4.74 Å². The Bertz CT molecular complexity index is 1010. The number of rotatable bonds is 9. The van der Waals surface area contributed by atoms with E-state index in [9.17, 15) is 4.79 Å². The van der Waals surface area contributed by atoms with Crippen molar-refractivity contribution in [1.82, 2.24) is 0 Å². The van der Waals surface area contributed by atoms with E-state index in [0.29, 0.717) is 12.0 Å². The fourth-order valence-corrected chi connectivity index (χ4v) is 6.22. The Labute approximate surface area is 221 Å². The predicted octanol–water partition coefficient (Wildman–Crippen LogP) is 9.04. The zero-order valence-electron chi connectivity index (χ0n) is 22.4. The lowest BCUT2D eigenvalue weighted by atomic mass is 9.78. The van der Waals surface area contributed by atoms with E-state index >= 15 is 8.78 Å². The Morgan fingerprint density at radius 3 is 2.24 bits per heavy atom. The van der Waals surface area contributed by atoms with Crippen LogP contribution in [0.3, 0.4) is 0 Å². The maximum Gasteiger partial charge on any atom is 0.309 e. The van der Waals surface area contributed by atoms with Crippen LogP contribution in [-0.4, -0.2) is 12.1 Å². The molecule has 0 aromatic heterocycles. The monoisotopic (exact) mass is 508 g/mol. The Morgan fingerprint density at radius 2 is 1.62 bits per heavy atom. The van der Waals surface area contributed by atoms with Gasteiger partial charge in [0.2, 0.25) is 0 Å². The van der Waals surface area contributed by atoms with E-state index in [2.05, 4.69) is 19.1 Å². The second-order valence-corrected chi connectivity index (χ2v) is 11.3. The van der Waals surface area contributed by atoms with Gasteiger partial charge >= 0.3 is 5.97 Å². The Kier molecular flexibility index (Phi) is 9.94. The number of carbonyl (C=O) groups excluding carboxylic acids is 1. The van der Waals surface area contributed by atoms with Gasteiger partial charge in [-0.25, -0.2) is 8.78 Å². The van der Waals surface area contributed by atoms with Crippen molar-refractivity contribution in [2.24, 2.45) is 11.8 Å². The van der Waals surface area contributed by atoms with E-state index in [1.54, 1.807) is 0 Å². The number of hydrogen-bond acceptors (Lipinski definition) is 2. The summed E-state index contributed by atoms with van der Waals surface area (Å²) in [5.74, 6) is -0.216. The topological polar surface area (TPSA) is 26.3 Å². The van der Waals surface area contributed by atoms with Crippen LogP contribution in [-0.2, 0) is 16.0 Å². The summed E-state index contributed by atoms with van der Waals surface area (Å²) in [4.78, 5) is 12.8. The van der Waals surface area contributed by atoms with Gasteiger partial charge in [-0.2, -0.15) is 0 Å². The molecule has 2 saturated carbocycles. The van der Waals surface area contributed by atoms with Crippen LogP contribution in [0.15, 0.2) is 54.6 Å². The molecule has 0 N–H and O–H groups in total. The minimum Gasteiger partial charge on any atom is -0.462 e. The maximum atomic E-state index is 15.0. The van der Waals surface area contributed by atoms with Crippen molar-refractivity contribution in [3.05, 3.63) is 82.9 Å². The first-order valence-electron chi connectivity index (χ1n) is 14.3. The standard InChI is InChI=1S/C33H42F2O2/c1-3-4-6-9-24-12-18-29(19-13-24)37-33(36)27-16-14-26(15-17-27)28-21-31(34)30(32(35)22-28)20-23(2)25-10-7-5-8-11-25/h3-5,7-8,10-11,21-24,26-27,29H,6,9,12-20H2,1-2H3/b4-3+/t23-,24?,26?,27?,29?/m1/s1. The van der Waals surface area contributed by atoms with E-state index in [1.807, 2.05) is 37.3 Å². The third kappa shape index (κ3) is 7.52. The quantitative estimate of drug-likeness (QED) is 0.249. The SMILES string of the molecule is C/C=C/CCC1CCC(OC(=O)C2CCC(c3cc(F)c(C[C@@H](C)c4ccccc4)c(F)c3)CC2)CC1. The van der Waals surface area contributed by atoms with Crippen LogP contribution in [0.1, 0.15) is 107 Å². The van der Waals surface area contributed by atoms with Crippen molar-refractivity contribution >= 4 is 5.97 Å². The molecule has 2 aromatic rings. The second kappa shape index (κ2) is 13.3. The van der Waals surface area contributed by atoms with Gasteiger partial charge in [-0.05, 0) is 119 Å². The van der Waals surface area contributed by atoms with Crippen molar-refractivity contribution in [3.8, 4) is 0 Å². The van der Waals surface area contributed by atoms with Crippen LogP contribution in [0.25, 0.3) is 0 Å². The summed E-state index contributed by atoms with van der Waals surface area (Å²) < 4.78 is 35.9. The third-order valence-corrected chi connectivity index (χ3v) is 8.63. The number of esters is 1. The highest BCUT2D eigenvalue weighted by Gasteiger charge is 2.31. The van der Waals surface area contributed by atoms with Gasteiger partial charge in [-0.3, -0.25) is 4.79 Å². The van der Waals surface area contributed by atoms with Crippen molar-refractivity contribution in [1.29, 1.82) is 0 Å². The van der Waals surface area contributed by atoms with Gasteiger partial charge in [-0.1, -0.05) is 49.4 Å². The average Bonchev–Trinajstić information content (AvgIpc) is 2.92. The zero-order chi connectivity index (χ0) is 26.2. The molecule has 0 radical (unpaired) electrons. The summed E-state index contributed by atoms with van der Waals surface area (Å²) in [5, 5.41) is 0. The van der Waals surface area contributed by atoms with Crippen LogP contribution >= 0.6 is 0 Å². The molecule has 0 saturated heterocycles. The van der Waals surface area contributed by atoms with Crippen molar-refractivity contribution in [3.63, 3.8) is 0 Å². The third-order valence-electron chi connectivity index (χ3n) is 8.63. The van der Waals surface area contributed by atoms with Gasteiger partial charge in [-0.15, -0.1) is 0 Å². The summed E-state index contributed by atoms with van der Waals surface area (Å²) in [6.07, 6.45) is 14.3. The highest BCUT2D eigenvalue weighted by atomic mass is 19.1. The average molecular weight is 509 g/mol. The molecule has 2 aliphatic carbocycles. The normalized spacial score (nSPS) is 25.2. The summed E-state index contributed by atoms with van der Waals surface area (Å²) >= 11 is 0. The number of halogens is 2. The van der Waals surface area contributed by atoms with Crippen LogP contribution in [0.5, 0.6) is 0 Å². The van der Waals surface area contributed by atoms with Crippen LogP contribution in [0.2, 0.25) is 0 Å². The minimum absolute atomic E-state index is 0.0331. The lowest BCUT2D eigenvalue weighted by Gasteiger charge is -2.31. The number of ether oxygens (including phenoxy) is 1. The van der Waals surface area contributed by atoms with Crippen molar-refractivity contribution in [2.45, 2.75) is 102 Å². The highest BCUT2D eigenvalue weighted by molar-refractivity contribution is 5.72. The molecule has 4 heteroatoms. The fourth-order valence-electron chi connectivity index (χ4n) is 6.22. The molecule has 0 spiro atoms. The minimum atomic E-state index is -0.458. The molecular formula is C33H42F2O2. The smallest absolute Gasteiger partial charge is 0.309 e. The molecule has 2 fully saturated rings. The number of hydrogen-bond donors (Lipinski definition) is 0. The molecule has 0 unspecified atom stereocenters. The molecule has 0 bridgehead atoms. The van der Waals surface area contributed by atoms with Gasteiger partial charge in [0.15, 0.2) is 0 Å². The van der Waals surface area contributed by atoms with E-state index in [0.717, 1.165) is 69.3 Å². The lowest BCUT2D eigenvalue weighted by Crippen LogP contribution is -2.30. The fraction of sp³-hybridized carbons (Fsp3) is 0.545. The molecule has 0 amide bonds. The first-order valence-corrected chi connectivity index (χ1v) is 14.3. The van der Waals surface area contributed by atoms with Gasteiger partial charge in [0, 0.05) is 5.56 Å². The first-order chi connectivity index (χ1) is 17.9. The van der Waals surface area contributed by atoms with Gasteiger partial charge < -0.3 is 4.74 Å². The molecule has 2 aromatic carbocycles. The first kappa shape index (κ1) is 27.5. The number of allylic oxidation sites excluding steroid dienone is 2. The molecule has 37 heavy (non-hydrogen) atoms. The molecule has 2 aliphatic rings. The molecule has 4 rings (SSSR count). The summed E-state index contributed by atoms with van der Waals surface area (Å²) in [6.45, 7) is 4.06. The van der Waals surface area contributed by atoms with Gasteiger partial charge in [0.25, 0.3) is 0 Å².